The number of carbonyl (C=O) groups excluding carboxylic acids is 1. The molecule has 2 N–H and O–H groups in total. The number of pyridine rings is 2. The molecule has 12 heteroatoms. The van der Waals surface area contributed by atoms with Crippen LogP contribution in [0.5, 0.6) is 5.75 Å². The van der Waals surface area contributed by atoms with Crippen LogP contribution in [-0.2, 0) is 4.74 Å². The Balaban J connectivity index is 1.38. The van der Waals surface area contributed by atoms with E-state index in [4.69, 9.17) is 19.4 Å². The topological polar surface area (TPSA) is 118 Å². The summed E-state index contributed by atoms with van der Waals surface area (Å²) in [6.45, 7) is 2.74. The zero-order valence-electron chi connectivity index (χ0n) is 25.7. The fourth-order valence-corrected chi connectivity index (χ4v) is 5.97. The van der Waals surface area contributed by atoms with Gasteiger partial charge in [-0.05, 0) is 49.9 Å². The Morgan fingerprint density at radius 3 is 2.71 bits per heavy atom. The van der Waals surface area contributed by atoms with Gasteiger partial charge in [0.2, 0.25) is 0 Å². The minimum absolute atomic E-state index is 0.0988. The maximum atomic E-state index is 15.2. The van der Waals surface area contributed by atoms with Gasteiger partial charge < -0.3 is 29.7 Å². The van der Waals surface area contributed by atoms with E-state index in [9.17, 15) is 9.90 Å². The number of benzene rings is 1. The molecule has 0 spiro atoms. The fraction of sp³-hybridized carbons (Fsp3) is 0.394. The molecule has 1 amide bonds. The van der Waals surface area contributed by atoms with E-state index < -0.39 is 11.9 Å². The van der Waals surface area contributed by atoms with Crippen molar-refractivity contribution in [2.24, 2.45) is 0 Å². The third-order valence-electron chi connectivity index (χ3n) is 8.32. The second-order valence-corrected chi connectivity index (χ2v) is 11.6. The molecule has 5 heterocycles. The molecule has 236 valence electrons. The number of rotatable bonds is 8. The summed E-state index contributed by atoms with van der Waals surface area (Å²) < 4.78 is 28.2. The number of methoxy groups -OCH3 is 1. The molecule has 45 heavy (non-hydrogen) atoms. The molecule has 2 aliphatic rings. The normalized spacial score (nSPS) is 17.3. The minimum atomic E-state index is -0.554. The lowest BCUT2D eigenvalue weighted by molar-refractivity contribution is 0.0662. The summed E-state index contributed by atoms with van der Waals surface area (Å²) >= 11 is 0. The van der Waals surface area contributed by atoms with Crippen molar-refractivity contribution < 1.29 is 23.8 Å². The maximum Gasteiger partial charge on any atom is 0.255 e. The Kier molecular flexibility index (Phi) is 8.95. The van der Waals surface area contributed by atoms with Crippen LogP contribution in [0.2, 0.25) is 0 Å². The summed E-state index contributed by atoms with van der Waals surface area (Å²) in [6, 6.07) is 10.0. The second-order valence-electron chi connectivity index (χ2n) is 11.6. The molecule has 4 aromatic rings. The van der Waals surface area contributed by atoms with Crippen molar-refractivity contribution in [3.05, 3.63) is 66.4 Å². The van der Waals surface area contributed by atoms with Crippen LogP contribution in [0.15, 0.2) is 55.0 Å². The highest BCUT2D eigenvalue weighted by atomic mass is 19.1. The van der Waals surface area contributed by atoms with Crippen molar-refractivity contribution >= 4 is 23.2 Å². The third kappa shape index (κ3) is 6.47. The fourth-order valence-electron chi connectivity index (χ4n) is 5.97. The number of halogens is 1. The Morgan fingerprint density at radius 2 is 1.96 bits per heavy atom. The monoisotopic (exact) mass is 615 g/mol. The molecule has 0 bridgehead atoms. The van der Waals surface area contributed by atoms with Crippen molar-refractivity contribution in [2.45, 2.75) is 37.8 Å². The lowest BCUT2D eigenvalue weighted by atomic mass is 10.0. The van der Waals surface area contributed by atoms with Crippen LogP contribution in [0.25, 0.3) is 22.4 Å². The average Bonchev–Trinajstić information content (AvgIpc) is 3.55. The number of ether oxygens (including phenoxy) is 2. The zero-order chi connectivity index (χ0) is 31.5. The van der Waals surface area contributed by atoms with Crippen molar-refractivity contribution in [2.75, 3.05) is 57.7 Å². The Hall–Kier alpha value is -4.55. The number of amides is 1. The number of β-amino-alcohol motifs (C(OH)–C–C–N with tert-alkyl or cyclic N) is 1. The van der Waals surface area contributed by atoms with Gasteiger partial charge in [-0.25, -0.2) is 14.4 Å². The van der Waals surface area contributed by atoms with Gasteiger partial charge in [0.25, 0.3) is 5.91 Å². The molecular formula is C33H38FN7O4. The van der Waals surface area contributed by atoms with E-state index in [1.807, 2.05) is 16.9 Å². The van der Waals surface area contributed by atoms with Crippen molar-refractivity contribution in [3.8, 4) is 28.1 Å². The second kappa shape index (κ2) is 13.2. The van der Waals surface area contributed by atoms with E-state index in [1.165, 1.54) is 18.1 Å². The average molecular weight is 616 g/mol. The number of hydrogen-bond acceptors (Lipinski definition) is 9. The summed E-state index contributed by atoms with van der Waals surface area (Å²) in [7, 11) is 4.72. The van der Waals surface area contributed by atoms with Crippen LogP contribution in [0, 0.1) is 5.82 Å². The molecule has 2 aliphatic heterocycles. The summed E-state index contributed by atoms with van der Waals surface area (Å²) in [6.07, 6.45) is 8.74. The Morgan fingerprint density at radius 1 is 1.13 bits per heavy atom. The first-order chi connectivity index (χ1) is 21.8. The number of anilines is 3. The molecule has 11 nitrogen and oxygen atoms in total. The van der Waals surface area contributed by atoms with E-state index in [0.29, 0.717) is 18.2 Å². The van der Waals surface area contributed by atoms with Crippen LogP contribution in [0.4, 0.5) is 21.7 Å². The first-order valence-corrected chi connectivity index (χ1v) is 15.2. The highest BCUT2D eigenvalue weighted by Gasteiger charge is 2.25. The van der Waals surface area contributed by atoms with E-state index >= 15 is 4.39 Å². The zero-order valence-corrected chi connectivity index (χ0v) is 25.7. The van der Waals surface area contributed by atoms with Crippen molar-refractivity contribution in [3.63, 3.8) is 0 Å². The summed E-state index contributed by atoms with van der Waals surface area (Å²) in [4.78, 5) is 26.1. The number of nitrogens with zero attached hydrogens (tertiary/aromatic N) is 6. The van der Waals surface area contributed by atoms with E-state index in [0.717, 1.165) is 62.3 Å². The molecule has 0 unspecified atom stereocenters. The summed E-state index contributed by atoms with van der Waals surface area (Å²) in [5.41, 5.74) is 3.25. The standard InChI is InChI=1S/C33H38FN7O4/c1-39(2)33(43)24-9-10-29(38-32(24)31-26(34)7-4-8-28(31)44-3)37-30-16-27(40-13-5-6-23(42)20-40)25(18-35-30)21-17-36-41(19-21)22-11-14-45-15-12-22/h4,7-10,16-19,22-23,42H,5-6,11-15,20H2,1-3H3,(H,35,37,38)/t23-/m0/s1. The van der Waals surface area contributed by atoms with Gasteiger partial charge in [-0.2, -0.15) is 5.10 Å². The number of nitrogens with one attached hydrogen (secondary N) is 1. The van der Waals surface area contributed by atoms with Crippen LogP contribution >= 0.6 is 0 Å². The Labute approximate surface area is 261 Å². The van der Waals surface area contributed by atoms with Crippen LogP contribution in [0.1, 0.15) is 42.1 Å². The predicted molar refractivity (Wildman–Crippen MR) is 169 cm³/mol. The molecule has 0 saturated carbocycles. The SMILES string of the molecule is COc1cccc(F)c1-c1nc(Nc2cc(N3CCC[C@H](O)C3)c(-c3cnn(C4CCOCC4)c3)cn2)ccc1C(=O)N(C)C. The molecule has 3 aromatic heterocycles. The molecule has 2 fully saturated rings. The number of piperidine rings is 1. The molecule has 0 aliphatic carbocycles. The summed E-state index contributed by atoms with van der Waals surface area (Å²) in [5.74, 6) is 0.284. The van der Waals surface area contributed by atoms with Crippen molar-refractivity contribution in [1.82, 2.24) is 24.6 Å². The highest BCUT2D eigenvalue weighted by molar-refractivity contribution is 6.00. The smallest absolute Gasteiger partial charge is 0.255 e. The van der Waals surface area contributed by atoms with Crippen molar-refractivity contribution in [1.29, 1.82) is 0 Å². The van der Waals surface area contributed by atoms with Gasteiger partial charge in [-0.1, -0.05) is 6.07 Å². The lowest BCUT2D eigenvalue weighted by Crippen LogP contribution is -2.38. The molecule has 0 radical (unpaired) electrons. The molecule has 1 atom stereocenters. The number of aliphatic hydroxyl groups excluding tert-OH is 1. The first-order valence-electron chi connectivity index (χ1n) is 15.2. The van der Waals surface area contributed by atoms with Gasteiger partial charge in [-0.3, -0.25) is 9.48 Å². The van der Waals surface area contributed by atoms with Gasteiger partial charge >= 0.3 is 0 Å². The Bertz CT molecular complexity index is 1670. The number of aliphatic hydroxyl groups is 1. The highest BCUT2D eigenvalue weighted by Crippen LogP contribution is 2.37. The predicted octanol–water partition coefficient (Wildman–Crippen LogP) is 4.91. The lowest BCUT2D eigenvalue weighted by Gasteiger charge is -2.33. The van der Waals surface area contributed by atoms with E-state index in [2.05, 4.69) is 21.5 Å². The van der Waals surface area contributed by atoms with Gasteiger partial charge in [0.1, 0.15) is 23.2 Å². The molecular weight excluding hydrogens is 577 g/mol. The number of carbonyl (C=O) groups is 1. The number of aromatic nitrogens is 4. The van der Waals surface area contributed by atoms with E-state index in [1.54, 1.807) is 44.6 Å². The van der Waals surface area contributed by atoms with Gasteiger partial charge in [-0.15, -0.1) is 0 Å². The van der Waals surface area contributed by atoms with Gasteiger partial charge in [0.15, 0.2) is 0 Å². The number of hydrogen-bond donors (Lipinski definition) is 2. The first kappa shape index (κ1) is 30.5. The van der Waals surface area contributed by atoms with Gasteiger partial charge in [0.05, 0.1) is 48.0 Å². The van der Waals surface area contributed by atoms with Crippen LogP contribution < -0.4 is 15.0 Å². The minimum Gasteiger partial charge on any atom is -0.496 e. The van der Waals surface area contributed by atoms with Crippen LogP contribution in [-0.4, -0.2) is 89.3 Å². The molecule has 6 rings (SSSR count). The molecule has 2 saturated heterocycles. The quantitative estimate of drug-likeness (QED) is 0.285. The van der Waals surface area contributed by atoms with Gasteiger partial charge in [0, 0.05) is 70.0 Å². The van der Waals surface area contributed by atoms with E-state index in [-0.39, 0.29) is 34.5 Å². The third-order valence-corrected chi connectivity index (χ3v) is 8.32. The summed E-state index contributed by atoms with van der Waals surface area (Å²) in [5, 5.41) is 18.4. The largest absolute Gasteiger partial charge is 0.496 e. The molecule has 1 aromatic carbocycles. The van der Waals surface area contributed by atoms with Crippen LogP contribution in [0.3, 0.4) is 0 Å². The maximum absolute atomic E-state index is 15.2.